The standard InChI is InChI=1S/C21H40O2S2/c1-3-5-7-18-9-13-20(14-10-18)24-22-17-23-25-21-15-11-19(12-16-21)8-6-4-2/h18-21H,3-17H2,1-2H3. The molecular weight excluding hydrogens is 348 g/mol. The fourth-order valence-electron chi connectivity index (χ4n) is 4.29. The first kappa shape index (κ1) is 21.9. The largest absolute Gasteiger partial charge is 0.286 e. The van der Waals surface area contributed by atoms with Crippen molar-refractivity contribution in [1.29, 1.82) is 0 Å². The topological polar surface area (TPSA) is 18.5 Å². The van der Waals surface area contributed by atoms with E-state index in [0.717, 1.165) is 11.8 Å². The van der Waals surface area contributed by atoms with Crippen LogP contribution in [0.1, 0.15) is 104 Å². The monoisotopic (exact) mass is 388 g/mol. The molecule has 0 N–H and O–H groups in total. The molecule has 0 unspecified atom stereocenters. The second-order valence-electron chi connectivity index (χ2n) is 8.12. The maximum Gasteiger partial charge on any atom is 0.173 e. The molecule has 148 valence electrons. The Labute approximate surface area is 165 Å². The molecule has 0 radical (unpaired) electrons. The summed E-state index contributed by atoms with van der Waals surface area (Å²) >= 11 is 3.36. The first-order valence-electron chi connectivity index (χ1n) is 10.9. The SMILES string of the molecule is CCCCC1CCC(SOCOSC2CCC(CCCC)CC2)CC1. The van der Waals surface area contributed by atoms with Crippen molar-refractivity contribution >= 4 is 24.1 Å². The molecular formula is C21H40O2S2. The number of hydrogen-bond acceptors (Lipinski definition) is 4. The van der Waals surface area contributed by atoms with E-state index in [4.69, 9.17) is 8.37 Å². The molecule has 2 saturated carbocycles. The van der Waals surface area contributed by atoms with Crippen LogP contribution in [0.25, 0.3) is 0 Å². The van der Waals surface area contributed by atoms with Gasteiger partial charge in [0.2, 0.25) is 0 Å². The highest BCUT2D eigenvalue weighted by Gasteiger charge is 2.23. The Morgan fingerprint density at radius 2 is 1.04 bits per heavy atom. The lowest BCUT2D eigenvalue weighted by atomic mass is 9.85. The summed E-state index contributed by atoms with van der Waals surface area (Å²) in [5.74, 6) is 1.96. The molecule has 0 saturated heterocycles. The first-order valence-corrected chi connectivity index (χ1v) is 12.5. The normalized spacial score (nSPS) is 30.5. The lowest BCUT2D eigenvalue weighted by Crippen LogP contribution is -2.17. The molecule has 0 aliphatic heterocycles. The average molecular weight is 389 g/mol. The Hall–Kier alpha value is 0.620. The summed E-state index contributed by atoms with van der Waals surface area (Å²) in [5.41, 5.74) is 0. The molecule has 2 aliphatic rings. The van der Waals surface area contributed by atoms with Crippen LogP contribution in [0.4, 0.5) is 0 Å². The van der Waals surface area contributed by atoms with Crippen LogP contribution < -0.4 is 0 Å². The van der Waals surface area contributed by atoms with E-state index < -0.39 is 0 Å². The summed E-state index contributed by atoms with van der Waals surface area (Å²) in [5, 5.41) is 1.39. The van der Waals surface area contributed by atoms with Crippen LogP contribution >= 0.6 is 24.1 Å². The molecule has 2 rings (SSSR count). The average Bonchev–Trinajstić information content (AvgIpc) is 2.66. The smallest absolute Gasteiger partial charge is 0.173 e. The van der Waals surface area contributed by atoms with Gasteiger partial charge < -0.3 is 0 Å². The van der Waals surface area contributed by atoms with E-state index in [0.29, 0.717) is 17.3 Å². The minimum Gasteiger partial charge on any atom is -0.286 e. The molecule has 0 amide bonds. The lowest BCUT2D eigenvalue weighted by molar-refractivity contribution is 0.163. The zero-order valence-corrected chi connectivity index (χ0v) is 18.2. The summed E-state index contributed by atoms with van der Waals surface area (Å²) < 4.78 is 11.5. The van der Waals surface area contributed by atoms with Crippen molar-refractivity contribution in [2.45, 2.75) is 114 Å². The van der Waals surface area contributed by atoms with Crippen molar-refractivity contribution < 1.29 is 8.37 Å². The van der Waals surface area contributed by atoms with Gasteiger partial charge in [-0.05, 0) is 87.3 Å². The van der Waals surface area contributed by atoms with E-state index >= 15 is 0 Å². The highest BCUT2D eigenvalue weighted by molar-refractivity contribution is 7.95. The summed E-state index contributed by atoms with van der Waals surface area (Å²) in [6.45, 7) is 5.04. The Morgan fingerprint density at radius 1 is 0.640 bits per heavy atom. The molecule has 0 heterocycles. The van der Waals surface area contributed by atoms with Crippen LogP contribution in [0.3, 0.4) is 0 Å². The first-order chi connectivity index (χ1) is 12.3. The predicted molar refractivity (Wildman–Crippen MR) is 113 cm³/mol. The van der Waals surface area contributed by atoms with Gasteiger partial charge in [-0.1, -0.05) is 52.4 Å². The molecule has 0 atom stereocenters. The third-order valence-corrected chi connectivity index (χ3v) is 7.98. The predicted octanol–water partition coefficient (Wildman–Crippen LogP) is 7.77. The van der Waals surface area contributed by atoms with E-state index in [1.54, 1.807) is 24.1 Å². The van der Waals surface area contributed by atoms with Crippen LogP contribution in [0.15, 0.2) is 0 Å². The Bertz CT molecular complexity index is 281. The molecule has 0 aromatic rings. The highest BCUT2D eigenvalue weighted by Crippen LogP contribution is 2.36. The summed E-state index contributed by atoms with van der Waals surface area (Å²) in [7, 11) is 0. The molecule has 0 aromatic heterocycles. The second-order valence-corrected chi connectivity index (χ2v) is 10.3. The van der Waals surface area contributed by atoms with Gasteiger partial charge in [-0.3, -0.25) is 8.37 Å². The molecule has 2 aliphatic carbocycles. The molecule has 0 spiro atoms. The number of unbranched alkanes of at least 4 members (excludes halogenated alkanes) is 2. The quantitative estimate of drug-likeness (QED) is 0.193. The van der Waals surface area contributed by atoms with Crippen molar-refractivity contribution in [1.82, 2.24) is 0 Å². The minimum atomic E-state index is 0.445. The summed E-state index contributed by atoms with van der Waals surface area (Å²) in [6.07, 6.45) is 19.3. The van der Waals surface area contributed by atoms with Gasteiger partial charge >= 0.3 is 0 Å². The van der Waals surface area contributed by atoms with Crippen LogP contribution in [0.2, 0.25) is 0 Å². The van der Waals surface area contributed by atoms with Crippen molar-refractivity contribution in [3.8, 4) is 0 Å². The van der Waals surface area contributed by atoms with Crippen LogP contribution in [-0.2, 0) is 8.37 Å². The lowest BCUT2D eigenvalue weighted by Gasteiger charge is -2.28. The zero-order chi connectivity index (χ0) is 17.7. The van der Waals surface area contributed by atoms with Crippen molar-refractivity contribution in [2.75, 3.05) is 6.79 Å². The van der Waals surface area contributed by atoms with E-state index in [-0.39, 0.29) is 0 Å². The van der Waals surface area contributed by atoms with Gasteiger partial charge in [-0.15, -0.1) is 0 Å². The number of rotatable bonds is 12. The van der Waals surface area contributed by atoms with Gasteiger partial charge in [-0.2, -0.15) is 0 Å². The van der Waals surface area contributed by atoms with E-state index in [2.05, 4.69) is 13.8 Å². The third-order valence-electron chi connectivity index (χ3n) is 6.02. The molecule has 0 bridgehead atoms. The second kappa shape index (κ2) is 13.7. The van der Waals surface area contributed by atoms with Crippen molar-refractivity contribution in [2.24, 2.45) is 11.8 Å². The Kier molecular flexibility index (Phi) is 12.0. The summed E-state index contributed by atoms with van der Waals surface area (Å²) in [6, 6.07) is 0. The van der Waals surface area contributed by atoms with Crippen molar-refractivity contribution in [3.05, 3.63) is 0 Å². The number of hydrogen-bond donors (Lipinski definition) is 0. The summed E-state index contributed by atoms with van der Waals surface area (Å²) in [4.78, 5) is 0. The van der Waals surface area contributed by atoms with Crippen LogP contribution in [0.5, 0.6) is 0 Å². The third kappa shape index (κ3) is 9.39. The fourth-order valence-corrected chi connectivity index (χ4v) is 5.87. The molecule has 2 fully saturated rings. The Balaban J connectivity index is 1.42. The van der Waals surface area contributed by atoms with Gasteiger partial charge in [0.05, 0.1) is 0 Å². The Morgan fingerprint density at radius 3 is 1.40 bits per heavy atom. The molecule has 0 aromatic carbocycles. The molecule has 2 nitrogen and oxygen atoms in total. The molecule has 4 heteroatoms. The fraction of sp³-hybridized carbons (Fsp3) is 1.00. The molecule has 25 heavy (non-hydrogen) atoms. The zero-order valence-electron chi connectivity index (χ0n) is 16.5. The van der Waals surface area contributed by atoms with Crippen LogP contribution in [0, 0.1) is 11.8 Å². The maximum atomic E-state index is 5.73. The van der Waals surface area contributed by atoms with Crippen molar-refractivity contribution in [3.63, 3.8) is 0 Å². The van der Waals surface area contributed by atoms with Gasteiger partial charge in [0.1, 0.15) is 0 Å². The minimum absolute atomic E-state index is 0.445. The van der Waals surface area contributed by atoms with E-state index in [1.165, 1.54) is 89.9 Å². The van der Waals surface area contributed by atoms with Gasteiger partial charge in [0, 0.05) is 10.5 Å². The van der Waals surface area contributed by atoms with Crippen LogP contribution in [-0.4, -0.2) is 17.3 Å². The maximum absolute atomic E-state index is 5.73. The van der Waals surface area contributed by atoms with E-state index in [9.17, 15) is 0 Å². The van der Waals surface area contributed by atoms with Gasteiger partial charge in [0.15, 0.2) is 6.79 Å². The van der Waals surface area contributed by atoms with Gasteiger partial charge in [-0.25, -0.2) is 0 Å². The highest BCUT2D eigenvalue weighted by atomic mass is 32.2. The van der Waals surface area contributed by atoms with Gasteiger partial charge in [0.25, 0.3) is 0 Å². The van der Waals surface area contributed by atoms with E-state index in [1.807, 2.05) is 0 Å².